The van der Waals surface area contributed by atoms with Gasteiger partial charge in [-0.3, -0.25) is 9.69 Å². The van der Waals surface area contributed by atoms with Crippen molar-refractivity contribution in [3.63, 3.8) is 0 Å². The van der Waals surface area contributed by atoms with E-state index < -0.39 is 0 Å². The summed E-state index contributed by atoms with van der Waals surface area (Å²) >= 11 is 1.49. The molecule has 4 rings (SSSR count). The first kappa shape index (κ1) is 18.3. The largest absolute Gasteiger partial charge is 0.454 e. The standard InChI is InChI=1S/C20H24N2O4S/c23-20(19-3-1-12-27-19)22(7-2-6-21-8-10-24-11-9-21)14-16-4-5-17-18(13-16)26-15-25-17/h1,3-5,12-13H,2,6-11,14-15H2. The zero-order valence-electron chi connectivity index (χ0n) is 15.3. The molecule has 2 aliphatic heterocycles. The van der Waals surface area contributed by atoms with Crippen LogP contribution in [0, 0.1) is 0 Å². The van der Waals surface area contributed by atoms with Gasteiger partial charge in [-0.25, -0.2) is 0 Å². The van der Waals surface area contributed by atoms with Gasteiger partial charge >= 0.3 is 0 Å². The molecule has 0 aliphatic carbocycles. The number of benzene rings is 1. The summed E-state index contributed by atoms with van der Waals surface area (Å²) in [5, 5.41) is 1.94. The summed E-state index contributed by atoms with van der Waals surface area (Å²) in [5.41, 5.74) is 1.05. The predicted molar refractivity (Wildman–Crippen MR) is 104 cm³/mol. The molecule has 2 aromatic rings. The average molecular weight is 388 g/mol. The molecule has 1 saturated heterocycles. The van der Waals surface area contributed by atoms with Gasteiger partial charge in [-0.2, -0.15) is 0 Å². The summed E-state index contributed by atoms with van der Waals surface area (Å²) in [5.74, 6) is 1.61. The van der Waals surface area contributed by atoms with Crippen LogP contribution in [0.3, 0.4) is 0 Å². The Morgan fingerprint density at radius 1 is 1.15 bits per heavy atom. The fourth-order valence-electron chi connectivity index (χ4n) is 3.38. The normalized spacial score (nSPS) is 16.4. The Morgan fingerprint density at radius 2 is 2.00 bits per heavy atom. The van der Waals surface area contributed by atoms with E-state index in [1.54, 1.807) is 0 Å². The molecule has 1 aromatic heterocycles. The van der Waals surface area contributed by atoms with Gasteiger partial charge in [-0.15, -0.1) is 11.3 Å². The molecule has 6 nitrogen and oxygen atoms in total. The smallest absolute Gasteiger partial charge is 0.264 e. The second-order valence-corrected chi connectivity index (χ2v) is 7.65. The van der Waals surface area contributed by atoms with Crippen LogP contribution >= 0.6 is 11.3 Å². The quantitative estimate of drug-likeness (QED) is 0.730. The molecule has 0 spiro atoms. The lowest BCUT2D eigenvalue weighted by Crippen LogP contribution is -2.39. The molecule has 144 valence electrons. The van der Waals surface area contributed by atoms with Crippen LogP contribution in [0.1, 0.15) is 21.7 Å². The van der Waals surface area contributed by atoms with Crippen molar-refractivity contribution in [3.05, 3.63) is 46.2 Å². The molecular formula is C20H24N2O4S. The minimum atomic E-state index is 0.0876. The van der Waals surface area contributed by atoms with Gasteiger partial charge in [0.25, 0.3) is 5.91 Å². The van der Waals surface area contributed by atoms with Crippen molar-refractivity contribution >= 4 is 17.2 Å². The van der Waals surface area contributed by atoms with E-state index in [-0.39, 0.29) is 12.7 Å². The van der Waals surface area contributed by atoms with Gasteiger partial charge in [0.15, 0.2) is 11.5 Å². The van der Waals surface area contributed by atoms with Gasteiger partial charge in [0, 0.05) is 32.7 Å². The fourth-order valence-corrected chi connectivity index (χ4v) is 4.07. The number of morpholine rings is 1. The molecule has 7 heteroatoms. The monoisotopic (exact) mass is 388 g/mol. The van der Waals surface area contributed by atoms with E-state index in [9.17, 15) is 4.79 Å². The van der Waals surface area contributed by atoms with E-state index in [2.05, 4.69) is 4.90 Å². The summed E-state index contributed by atoms with van der Waals surface area (Å²) in [6.07, 6.45) is 0.946. The van der Waals surface area contributed by atoms with Gasteiger partial charge in [0.1, 0.15) is 0 Å². The molecule has 1 amide bonds. The first-order valence-electron chi connectivity index (χ1n) is 9.31. The molecule has 0 radical (unpaired) electrons. The molecule has 0 unspecified atom stereocenters. The Bertz CT molecular complexity index is 759. The first-order chi connectivity index (χ1) is 13.3. The second-order valence-electron chi connectivity index (χ2n) is 6.70. The summed E-state index contributed by atoms with van der Waals surface area (Å²) in [4.78, 5) is 18.1. The van der Waals surface area contributed by atoms with Crippen LogP contribution < -0.4 is 9.47 Å². The van der Waals surface area contributed by atoms with Crippen molar-refractivity contribution in [2.75, 3.05) is 46.2 Å². The van der Waals surface area contributed by atoms with Gasteiger partial charge in [0.05, 0.1) is 18.1 Å². The van der Waals surface area contributed by atoms with Gasteiger partial charge in [-0.05, 0) is 35.6 Å². The van der Waals surface area contributed by atoms with Crippen LogP contribution in [0.25, 0.3) is 0 Å². The highest BCUT2D eigenvalue weighted by Crippen LogP contribution is 2.33. The zero-order valence-corrected chi connectivity index (χ0v) is 16.1. The Morgan fingerprint density at radius 3 is 2.81 bits per heavy atom. The fraction of sp³-hybridized carbons (Fsp3) is 0.450. The minimum absolute atomic E-state index is 0.0876. The molecule has 1 aromatic carbocycles. The predicted octanol–water partition coefficient (Wildman–Crippen LogP) is 2.84. The summed E-state index contributed by atoms with van der Waals surface area (Å²) in [7, 11) is 0. The number of fused-ring (bicyclic) bond motifs is 1. The Balaban J connectivity index is 1.41. The van der Waals surface area contributed by atoms with Crippen LogP contribution in [-0.2, 0) is 11.3 Å². The highest BCUT2D eigenvalue weighted by molar-refractivity contribution is 7.12. The molecule has 0 N–H and O–H groups in total. The summed E-state index contributed by atoms with van der Waals surface area (Å²) in [6.45, 7) is 6.08. The minimum Gasteiger partial charge on any atom is -0.454 e. The third-order valence-corrected chi connectivity index (χ3v) is 5.69. The van der Waals surface area contributed by atoms with E-state index in [1.165, 1.54) is 11.3 Å². The first-order valence-corrected chi connectivity index (χ1v) is 10.2. The molecule has 0 atom stereocenters. The van der Waals surface area contributed by atoms with Crippen LogP contribution in [0.15, 0.2) is 35.7 Å². The number of rotatable bonds is 7. The molecule has 0 bridgehead atoms. The third kappa shape index (κ3) is 4.61. The molecule has 1 fully saturated rings. The van der Waals surface area contributed by atoms with Gasteiger partial charge in [-0.1, -0.05) is 12.1 Å². The number of ether oxygens (including phenoxy) is 3. The van der Waals surface area contributed by atoms with Crippen LogP contribution in [0.2, 0.25) is 0 Å². The van der Waals surface area contributed by atoms with Crippen LogP contribution in [0.5, 0.6) is 11.5 Å². The van der Waals surface area contributed by atoms with E-state index in [0.29, 0.717) is 6.54 Å². The maximum absolute atomic E-state index is 13.0. The van der Waals surface area contributed by atoms with E-state index in [4.69, 9.17) is 14.2 Å². The number of carbonyl (C=O) groups is 1. The maximum atomic E-state index is 13.0. The highest BCUT2D eigenvalue weighted by Gasteiger charge is 2.20. The molecule has 3 heterocycles. The van der Waals surface area contributed by atoms with Crippen molar-refractivity contribution in [1.29, 1.82) is 0 Å². The van der Waals surface area contributed by atoms with Crippen LogP contribution in [0.4, 0.5) is 0 Å². The van der Waals surface area contributed by atoms with Crippen molar-refractivity contribution in [2.24, 2.45) is 0 Å². The molecule has 0 saturated carbocycles. The van der Waals surface area contributed by atoms with Crippen molar-refractivity contribution in [1.82, 2.24) is 9.80 Å². The highest BCUT2D eigenvalue weighted by atomic mass is 32.1. The number of hydrogen-bond donors (Lipinski definition) is 0. The number of nitrogens with zero attached hydrogens (tertiary/aromatic N) is 2. The second kappa shape index (κ2) is 8.73. The average Bonchev–Trinajstić information content (AvgIpc) is 3.39. The Labute approximate surface area is 163 Å². The number of amides is 1. The van der Waals surface area contributed by atoms with E-state index in [0.717, 1.165) is 67.8 Å². The van der Waals surface area contributed by atoms with Gasteiger partial charge in [0.2, 0.25) is 6.79 Å². The SMILES string of the molecule is O=C(c1cccs1)N(CCCN1CCOCC1)Cc1ccc2c(c1)OCO2. The zero-order chi connectivity index (χ0) is 18.5. The molecular weight excluding hydrogens is 364 g/mol. The third-order valence-electron chi connectivity index (χ3n) is 4.84. The van der Waals surface area contributed by atoms with Crippen molar-refractivity contribution in [2.45, 2.75) is 13.0 Å². The van der Waals surface area contributed by atoms with Crippen LogP contribution in [-0.4, -0.2) is 61.9 Å². The lowest BCUT2D eigenvalue weighted by Gasteiger charge is -2.28. The van der Waals surface area contributed by atoms with E-state index >= 15 is 0 Å². The Kier molecular flexibility index (Phi) is 5.91. The van der Waals surface area contributed by atoms with Gasteiger partial charge < -0.3 is 19.1 Å². The van der Waals surface area contributed by atoms with E-state index in [1.807, 2.05) is 40.6 Å². The lowest BCUT2D eigenvalue weighted by molar-refractivity contribution is 0.0356. The number of carbonyl (C=O) groups excluding carboxylic acids is 1. The Hall–Kier alpha value is -2.09. The maximum Gasteiger partial charge on any atom is 0.264 e. The summed E-state index contributed by atoms with van der Waals surface area (Å²) in [6, 6.07) is 9.70. The summed E-state index contributed by atoms with van der Waals surface area (Å²) < 4.78 is 16.3. The molecule has 2 aliphatic rings. The van der Waals surface area contributed by atoms with Crippen molar-refractivity contribution in [3.8, 4) is 11.5 Å². The molecule has 27 heavy (non-hydrogen) atoms. The number of hydrogen-bond acceptors (Lipinski definition) is 6. The lowest BCUT2D eigenvalue weighted by atomic mass is 10.1. The van der Waals surface area contributed by atoms with Crippen molar-refractivity contribution < 1.29 is 19.0 Å². The topological polar surface area (TPSA) is 51.2 Å². The number of thiophene rings is 1.